The zero-order valence-corrected chi connectivity index (χ0v) is 18.4. The van der Waals surface area contributed by atoms with Gasteiger partial charge in [0.25, 0.3) is 0 Å². The summed E-state index contributed by atoms with van der Waals surface area (Å²) in [5, 5.41) is 8.79. The number of nitrogens with one attached hydrogen (secondary N) is 1. The molecule has 2 aliphatic rings. The van der Waals surface area contributed by atoms with Gasteiger partial charge in [-0.1, -0.05) is 98.8 Å². The van der Waals surface area contributed by atoms with Crippen LogP contribution in [-0.2, 0) is 11.8 Å². The third-order valence-corrected chi connectivity index (χ3v) is 7.13. The summed E-state index contributed by atoms with van der Waals surface area (Å²) >= 11 is 0. The zero-order chi connectivity index (χ0) is 21.9. The monoisotopic (exact) mass is 411 g/mol. The summed E-state index contributed by atoms with van der Waals surface area (Å²) in [6, 6.07) is 30.5. The lowest BCUT2D eigenvalue weighted by atomic mass is 9.81. The van der Waals surface area contributed by atoms with E-state index in [2.05, 4.69) is 111 Å². The molecule has 0 saturated heterocycles. The highest BCUT2D eigenvalue weighted by atomic mass is 14.4. The van der Waals surface area contributed by atoms with Gasteiger partial charge in [-0.05, 0) is 67.8 Å². The van der Waals surface area contributed by atoms with Crippen molar-refractivity contribution in [2.75, 3.05) is 0 Å². The smallest absolute Gasteiger partial charge is 0.0430 e. The van der Waals surface area contributed by atoms with Gasteiger partial charge in [-0.2, -0.15) is 0 Å². The summed E-state index contributed by atoms with van der Waals surface area (Å²) < 4.78 is 0. The van der Waals surface area contributed by atoms with Gasteiger partial charge in [-0.15, -0.1) is 0 Å². The van der Waals surface area contributed by atoms with E-state index in [1.165, 1.54) is 50.1 Å². The molecule has 0 aromatic heterocycles. The minimum Gasteiger partial charge on any atom is -0.304 e. The van der Waals surface area contributed by atoms with Crippen LogP contribution in [0, 0.1) is 5.41 Å². The van der Waals surface area contributed by atoms with Gasteiger partial charge < -0.3 is 5.41 Å². The molecule has 0 heterocycles. The van der Waals surface area contributed by atoms with Gasteiger partial charge in [0.1, 0.15) is 0 Å². The predicted octanol–water partition coefficient (Wildman–Crippen LogP) is 7.75. The molecule has 1 nitrogen and oxygen atoms in total. The zero-order valence-electron chi connectivity index (χ0n) is 18.4. The van der Waals surface area contributed by atoms with Gasteiger partial charge in [0.2, 0.25) is 0 Å². The van der Waals surface area contributed by atoms with Crippen LogP contribution in [0.3, 0.4) is 0 Å². The van der Waals surface area contributed by atoms with Crippen molar-refractivity contribution in [2.24, 2.45) is 0 Å². The Hall–Kier alpha value is -3.71. The van der Waals surface area contributed by atoms with Crippen molar-refractivity contribution in [1.82, 2.24) is 0 Å². The van der Waals surface area contributed by atoms with Crippen molar-refractivity contribution in [3.8, 4) is 22.3 Å². The second kappa shape index (κ2) is 6.90. The van der Waals surface area contributed by atoms with Crippen molar-refractivity contribution >= 4 is 17.9 Å². The van der Waals surface area contributed by atoms with Crippen molar-refractivity contribution in [2.45, 2.75) is 25.7 Å². The first kappa shape index (κ1) is 19.0. The molecule has 0 spiro atoms. The topological polar surface area (TPSA) is 23.9 Å². The molecule has 1 heteroatoms. The fraction of sp³-hybridized carbons (Fsp3) is 0.129. The molecule has 0 saturated carbocycles. The summed E-state index contributed by atoms with van der Waals surface area (Å²) in [6.45, 7) is 4.58. The Bertz CT molecular complexity index is 1420. The van der Waals surface area contributed by atoms with E-state index in [0.29, 0.717) is 12.1 Å². The third kappa shape index (κ3) is 2.89. The first-order valence-corrected chi connectivity index (χ1v) is 11.2. The molecule has 2 aliphatic carbocycles. The fourth-order valence-electron chi connectivity index (χ4n) is 5.15. The highest BCUT2D eigenvalue weighted by Gasteiger charge is 2.35. The van der Waals surface area contributed by atoms with Gasteiger partial charge in [0.15, 0.2) is 0 Å². The van der Waals surface area contributed by atoms with Crippen LogP contribution in [0.15, 0.2) is 84.9 Å². The predicted molar refractivity (Wildman–Crippen MR) is 135 cm³/mol. The van der Waals surface area contributed by atoms with Gasteiger partial charge in [0, 0.05) is 17.5 Å². The molecule has 0 aliphatic heterocycles. The number of benzene rings is 4. The molecule has 0 radical (unpaired) electrons. The minimum absolute atomic E-state index is 0.0317. The molecule has 154 valence electrons. The molecular weight excluding hydrogens is 386 g/mol. The highest BCUT2D eigenvalue weighted by Crippen LogP contribution is 2.48. The maximum Gasteiger partial charge on any atom is 0.0430 e. The summed E-state index contributed by atoms with van der Waals surface area (Å²) in [6.07, 6.45) is 4.94. The highest BCUT2D eigenvalue weighted by molar-refractivity contribution is 6.01. The molecule has 4 aromatic carbocycles. The van der Waals surface area contributed by atoms with E-state index in [1.54, 1.807) is 0 Å². The summed E-state index contributed by atoms with van der Waals surface area (Å²) in [4.78, 5) is 0. The molecule has 1 N–H and O–H groups in total. The number of fused-ring (bicyclic) bond motifs is 4. The minimum atomic E-state index is -0.0317. The molecule has 0 amide bonds. The van der Waals surface area contributed by atoms with Gasteiger partial charge in [-0.25, -0.2) is 0 Å². The number of hydrogen-bond donors (Lipinski definition) is 1. The van der Waals surface area contributed by atoms with E-state index in [1.807, 2.05) is 0 Å². The van der Waals surface area contributed by atoms with Crippen LogP contribution >= 0.6 is 0 Å². The Morgan fingerprint density at radius 3 is 2.16 bits per heavy atom. The van der Waals surface area contributed by atoms with Crippen molar-refractivity contribution < 1.29 is 0 Å². The molecule has 0 fully saturated rings. The van der Waals surface area contributed by atoms with Crippen molar-refractivity contribution in [1.29, 1.82) is 5.41 Å². The second-order valence-electron chi connectivity index (χ2n) is 9.46. The van der Waals surface area contributed by atoms with Crippen LogP contribution in [-0.4, -0.2) is 5.71 Å². The van der Waals surface area contributed by atoms with E-state index in [-0.39, 0.29) is 5.41 Å². The summed E-state index contributed by atoms with van der Waals surface area (Å²) in [7, 11) is 0. The maximum atomic E-state index is 8.79. The third-order valence-electron chi connectivity index (χ3n) is 7.13. The Labute approximate surface area is 189 Å². The maximum absolute atomic E-state index is 8.79. The average Bonchev–Trinajstić information content (AvgIpc) is 3.02. The molecule has 4 aromatic rings. The van der Waals surface area contributed by atoms with Crippen LogP contribution in [0.25, 0.3) is 34.4 Å². The van der Waals surface area contributed by atoms with E-state index in [9.17, 15) is 0 Å². The molecule has 0 bridgehead atoms. The first-order valence-electron chi connectivity index (χ1n) is 11.2. The van der Waals surface area contributed by atoms with Crippen LogP contribution in [0.1, 0.15) is 47.2 Å². The van der Waals surface area contributed by atoms with Crippen LogP contribution in [0.2, 0.25) is 0 Å². The second-order valence-corrected chi connectivity index (χ2v) is 9.46. The average molecular weight is 412 g/mol. The van der Waals surface area contributed by atoms with Gasteiger partial charge >= 0.3 is 0 Å². The van der Waals surface area contributed by atoms with E-state index in [0.717, 1.165) is 5.56 Å². The van der Waals surface area contributed by atoms with Crippen molar-refractivity contribution in [3.63, 3.8) is 0 Å². The lowest BCUT2D eigenvalue weighted by Crippen LogP contribution is -2.16. The SMILES string of the molecule is CC1(C)c2ccccc2-c2ccc(C(=N)Cc3ccc(-c4ccc5c(c4)C=C5)cc3)cc21. The Morgan fingerprint density at radius 1 is 0.688 bits per heavy atom. The van der Waals surface area contributed by atoms with Gasteiger partial charge in [0.05, 0.1) is 0 Å². The quantitative estimate of drug-likeness (QED) is 0.292. The van der Waals surface area contributed by atoms with Crippen molar-refractivity contribution in [3.05, 3.63) is 118 Å². The molecular formula is C31H25N. The largest absolute Gasteiger partial charge is 0.304 e. The molecule has 0 unspecified atom stereocenters. The van der Waals surface area contributed by atoms with Crippen LogP contribution in [0.5, 0.6) is 0 Å². The Morgan fingerprint density at radius 2 is 1.41 bits per heavy atom. The fourth-order valence-corrected chi connectivity index (χ4v) is 5.15. The van der Waals surface area contributed by atoms with Gasteiger partial charge in [-0.3, -0.25) is 0 Å². The standard InChI is InChI=1S/C31H25N/c1-31(2)28-6-4-3-5-26(28)27-16-15-25(19-29(27)31)30(32)17-20-7-9-21(10-8-20)23-13-11-22-12-14-24(22)18-23/h3-16,18-19,32H,17H2,1-2H3. The number of hydrogen-bond acceptors (Lipinski definition) is 1. The summed E-state index contributed by atoms with van der Waals surface area (Å²) in [5.41, 5.74) is 13.3. The molecule has 32 heavy (non-hydrogen) atoms. The number of rotatable bonds is 4. The normalized spacial score (nSPS) is 14.3. The van der Waals surface area contributed by atoms with E-state index < -0.39 is 0 Å². The molecule has 6 rings (SSSR count). The Balaban J connectivity index is 1.24. The summed E-state index contributed by atoms with van der Waals surface area (Å²) in [5.74, 6) is 0. The van der Waals surface area contributed by atoms with Crippen LogP contribution in [0.4, 0.5) is 0 Å². The lowest BCUT2D eigenvalue weighted by Gasteiger charge is -2.22. The molecule has 0 atom stereocenters. The van der Waals surface area contributed by atoms with E-state index in [4.69, 9.17) is 5.41 Å². The van der Waals surface area contributed by atoms with Crippen LogP contribution < -0.4 is 0 Å². The Kier molecular flexibility index (Phi) is 4.10. The van der Waals surface area contributed by atoms with E-state index >= 15 is 0 Å². The first-order chi connectivity index (χ1) is 15.5. The lowest BCUT2D eigenvalue weighted by molar-refractivity contribution is 0.660.